The third-order valence-electron chi connectivity index (χ3n) is 2.12. The zero-order valence-corrected chi connectivity index (χ0v) is 12.2. The number of halogens is 1. The molecule has 0 aromatic rings. The number of ether oxygens (including phenoxy) is 1. The summed E-state index contributed by atoms with van der Waals surface area (Å²) >= 11 is 2.93. The molecule has 0 unspecified atom stereocenters. The van der Waals surface area contributed by atoms with Crippen LogP contribution in [0.15, 0.2) is 11.1 Å². The fourth-order valence-electron chi connectivity index (χ4n) is 1.10. The summed E-state index contributed by atoms with van der Waals surface area (Å²) in [5, 5.41) is 4.89. The van der Waals surface area contributed by atoms with Gasteiger partial charge in [0.1, 0.15) is 12.6 Å². The van der Waals surface area contributed by atoms with Crippen LogP contribution in [0.5, 0.6) is 0 Å². The van der Waals surface area contributed by atoms with Gasteiger partial charge in [0, 0.05) is 0 Å². The molecule has 0 aromatic carbocycles. The van der Waals surface area contributed by atoms with Gasteiger partial charge in [-0.15, -0.1) is 0 Å². The molecule has 2 amide bonds. The summed E-state index contributed by atoms with van der Waals surface area (Å²) in [6, 6.07) is -0.739. The fourth-order valence-corrected chi connectivity index (χ4v) is 1.21. The standard InChI is InChI=1S/C11H17BrN2O4/c1-6(2)9(14-10(16)7(3)12)11(17)13-5-8(15)18-4/h6,9H,3,5H2,1-2,4H3,(H,13,17)(H,14,16)/t9-/m0/s1. The molecular formula is C11H17BrN2O4. The summed E-state index contributed by atoms with van der Waals surface area (Å²) in [5.41, 5.74) is 0. The van der Waals surface area contributed by atoms with Crippen molar-refractivity contribution in [2.24, 2.45) is 5.92 Å². The second kappa shape index (κ2) is 7.86. The number of carbonyl (C=O) groups excluding carboxylic acids is 3. The van der Waals surface area contributed by atoms with E-state index in [1.54, 1.807) is 13.8 Å². The molecule has 7 heteroatoms. The summed E-state index contributed by atoms with van der Waals surface area (Å²) in [5.74, 6) is -1.60. The van der Waals surface area contributed by atoms with Gasteiger partial charge in [-0.2, -0.15) is 0 Å². The molecule has 0 rings (SSSR count). The Hall–Kier alpha value is -1.37. The van der Waals surface area contributed by atoms with Gasteiger partial charge in [-0.25, -0.2) is 0 Å². The van der Waals surface area contributed by atoms with Crippen molar-refractivity contribution in [3.05, 3.63) is 11.1 Å². The Morgan fingerprint density at radius 1 is 1.33 bits per heavy atom. The van der Waals surface area contributed by atoms with E-state index in [1.807, 2.05) is 0 Å². The maximum Gasteiger partial charge on any atom is 0.325 e. The zero-order valence-electron chi connectivity index (χ0n) is 10.6. The van der Waals surface area contributed by atoms with Crippen LogP contribution in [-0.2, 0) is 19.1 Å². The predicted molar refractivity (Wildman–Crippen MR) is 69.9 cm³/mol. The molecule has 0 saturated heterocycles. The molecule has 0 saturated carbocycles. The average molecular weight is 321 g/mol. The van der Waals surface area contributed by atoms with Crippen molar-refractivity contribution in [3.8, 4) is 0 Å². The van der Waals surface area contributed by atoms with Crippen LogP contribution in [0, 0.1) is 5.92 Å². The molecule has 0 fully saturated rings. The minimum Gasteiger partial charge on any atom is -0.468 e. The largest absolute Gasteiger partial charge is 0.468 e. The van der Waals surface area contributed by atoms with Crippen LogP contribution in [0.3, 0.4) is 0 Å². The van der Waals surface area contributed by atoms with E-state index in [1.165, 1.54) is 7.11 Å². The summed E-state index contributed by atoms with van der Waals surface area (Å²) in [7, 11) is 1.23. The van der Waals surface area contributed by atoms with Crippen molar-refractivity contribution in [1.29, 1.82) is 0 Å². The molecule has 0 aliphatic rings. The van der Waals surface area contributed by atoms with Crippen LogP contribution in [0.25, 0.3) is 0 Å². The smallest absolute Gasteiger partial charge is 0.325 e. The highest BCUT2D eigenvalue weighted by atomic mass is 79.9. The van der Waals surface area contributed by atoms with Crippen LogP contribution in [-0.4, -0.2) is 37.5 Å². The fraction of sp³-hybridized carbons (Fsp3) is 0.545. The number of carbonyl (C=O) groups is 3. The molecule has 0 spiro atoms. The van der Waals surface area contributed by atoms with E-state index in [0.717, 1.165) is 0 Å². The van der Waals surface area contributed by atoms with Crippen LogP contribution >= 0.6 is 15.9 Å². The third kappa shape index (κ3) is 5.81. The van der Waals surface area contributed by atoms with Gasteiger partial charge in [-0.1, -0.05) is 20.4 Å². The predicted octanol–water partition coefficient (Wildman–Crippen LogP) is 0.325. The highest BCUT2D eigenvalue weighted by molar-refractivity contribution is 9.12. The lowest BCUT2D eigenvalue weighted by Gasteiger charge is -2.21. The van der Waals surface area contributed by atoms with Gasteiger partial charge in [0.25, 0.3) is 5.91 Å². The minimum atomic E-state index is -0.739. The van der Waals surface area contributed by atoms with Gasteiger partial charge in [-0.05, 0) is 21.8 Å². The highest BCUT2D eigenvalue weighted by Gasteiger charge is 2.24. The first-order valence-electron chi connectivity index (χ1n) is 5.29. The Morgan fingerprint density at radius 2 is 1.89 bits per heavy atom. The number of nitrogens with one attached hydrogen (secondary N) is 2. The van der Waals surface area contributed by atoms with Crippen molar-refractivity contribution >= 4 is 33.7 Å². The van der Waals surface area contributed by atoms with Crippen LogP contribution in [0.1, 0.15) is 13.8 Å². The van der Waals surface area contributed by atoms with Gasteiger partial charge in [0.05, 0.1) is 11.6 Å². The Morgan fingerprint density at radius 3 is 2.28 bits per heavy atom. The Balaban J connectivity index is 4.51. The maximum atomic E-state index is 11.8. The number of rotatable bonds is 6. The Labute approximate surface area is 114 Å². The quantitative estimate of drug-likeness (QED) is 0.545. The molecule has 1 atom stereocenters. The Bertz CT molecular complexity index is 355. The second-order valence-electron chi connectivity index (χ2n) is 3.89. The second-order valence-corrected chi connectivity index (χ2v) is 4.85. The first-order valence-corrected chi connectivity index (χ1v) is 6.08. The van der Waals surface area contributed by atoms with Crippen molar-refractivity contribution in [3.63, 3.8) is 0 Å². The molecule has 0 aliphatic heterocycles. The molecule has 0 heterocycles. The van der Waals surface area contributed by atoms with Crippen LogP contribution in [0.2, 0.25) is 0 Å². The van der Waals surface area contributed by atoms with E-state index in [0.29, 0.717) is 0 Å². The molecule has 102 valence electrons. The van der Waals surface area contributed by atoms with E-state index >= 15 is 0 Å². The summed E-state index contributed by atoms with van der Waals surface area (Å²) in [6.07, 6.45) is 0. The van der Waals surface area contributed by atoms with Gasteiger partial charge in [-0.3, -0.25) is 14.4 Å². The lowest BCUT2D eigenvalue weighted by Crippen LogP contribution is -2.50. The monoisotopic (exact) mass is 320 g/mol. The van der Waals surface area contributed by atoms with Gasteiger partial charge >= 0.3 is 5.97 Å². The van der Waals surface area contributed by atoms with Crippen LogP contribution in [0.4, 0.5) is 0 Å². The van der Waals surface area contributed by atoms with Crippen molar-refractivity contribution in [1.82, 2.24) is 10.6 Å². The first kappa shape index (κ1) is 16.6. The van der Waals surface area contributed by atoms with Crippen LogP contribution < -0.4 is 10.6 Å². The lowest BCUT2D eigenvalue weighted by atomic mass is 10.0. The molecule has 0 aliphatic carbocycles. The zero-order chi connectivity index (χ0) is 14.3. The SMILES string of the molecule is C=C(Br)C(=O)N[C@H](C(=O)NCC(=O)OC)C(C)C. The molecule has 6 nitrogen and oxygen atoms in total. The lowest BCUT2D eigenvalue weighted by molar-refractivity contribution is -0.141. The number of hydrogen-bond donors (Lipinski definition) is 2. The van der Waals surface area contributed by atoms with Gasteiger partial charge in [0.15, 0.2) is 0 Å². The molecular weight excluding hydrogens is 304 g/mol. The van der Waals surface area contributed by atoms with E-state index in [4.69, 9.17) is 0 Å². The summed E-state index contributed by atoms with van der Waals surface area (Å²) in [4.78, 5) is 34.1. The topological polar surface area (TPSA) is 84.5 Å². The molecule has 0 aromatic heterocycles. The molecule has 0 bridgehead atoms. The summed E-state index contributed by atoms with van der Waals surface area (Å²) < 4.78 is 4.53. The number of methoxy groups -OCH3 is 1. The van der Waals surface area contributed by atoms with E-state index < -0.39 is 23.8 Å². The average Bonchev–Trinajstić information content (AvgIpc) is 2.31. The number of hydrogen-bond acceptors (Lipinski definition) is 4. The normalized spacial score (nSPS) is 11.6. The maximum absolute atomic E-state index is 11.8. The summed E-state index contributed by atoms with van der Waals surface area (Å²) in [6.45, 7) is 6.74. The highest BCUT2D eigenvalue weighted by Crippen LogP contribution is 2.06. The van der Waals surface area contributed by atoms with E-state index in [9.17, 15) is 14.4 Å². The first-order chi connectivity index (χ1) is 8.29. The molecule has 2 N–H and O–H groups in total. The number of esters is 1. The third-order valence-corrected chi connectivity index (χ3v) is 2.48. The Kier molecular flexibility index (Phi) is 7.26. The van der Waals surface area contributed by atoms with Gasteiger partial charge < -0.3 is 15.4 Å². The van der Waals surface area contributed by atoms with Crippen molar-refractivity contribution in [2.45, 2.75) is 19.9 Å². The van der Waals surface area contributed by atoms with Crippen molar-refractivity contribution < 1.29 is 19.1 Å². The number of amides is 2. The minimum absolute atomic E-state index is 0.126. The van der Waals surface area contributed by atoms with Crippen molar-refractivity contribution in [2.75, 3.05) is 13.7 Å². The molecule has 0 radical (unpaired) electrons. The van der Waals surface area contributed by atoms with E-state index in [-0.39, 0.29) is 16.9 Å². The molecule has 18 heavy (non-hydrogen) atoms. The van der Waals surface area contributed by atoms with E-state index in [2.05, 4.69) is 37.9 Å². The van der Waals surface area contributed by atoms with Gasteiger partial charge in [0.2, 0.25) is 5.91 Å².